The number of hydrogen-bond acceptors (Lipinski definition) is 8. The van der Waals surface area contributed by atoms with Crippen LogP contribution in [-0.2, 0) is 16.3 Å². The number of aromatic hydroxyl groups is 1. The minimum atomic E-state index is -3.40. The molecule has 1 aromatic carbocycles. The smallest absolute Gasteiger partial charge is 0.281 e. The second kappa shape index (κ2) is 8.37. The van der Waals surface area contributed by atoms with Crippen LogP contribution in [0.25, 0.3) is 10.6 Å². The monoisotopic (exact) mass is 501 g/mol. The lowest BCUT2D eigenvalue weighted by molar-refractivity contribution is -0.385. The number of nitro benzene ring substituents is 1. The molecule has 0 saturated carbocycles. The standard InChI is InChI=1S/C22H23N5O5S2/c1-22(2,3)9-10-26-21(29)17(19(28)18(24-26)15-6-5-11-33-15)20-23-14-8-7-13(27(30)31)12-16(14)34(4,32)25-20/h5-8,11-12,28H,4,9-10H2,1-3H3,(H,23,25,32). The van der Waals surface area contributed by atoms with Gasteiger partial charge in [-0.2, -0.15) is 9.50 Å². The zero-order valence-electron chi connectivity index (χ0n) is 18.8. The lowest BCUT2D eigenvalue weighted by Crippen LogP contribution is -2.34. The van der Waals surface area contributed by atoms with Gasteiger partial charge in [0.15, 0.2) is 11.6 Å². The summed E-state index contributed by atoms with van der Waals surface area (Å²) in [5, 5.41) is 31.4. The lowest BCUT2D eigenvalue weighted by atomic mass is 9.92. The first-order valence-electron chi connectivity index (χ1n) is 10.3. The molecule has 3 aromatic rings. The molecule has 3 heterocycles. The number of aromatic nitrogens is 2. The minimum absolute atomic E-state index is 0.0468. The van der Waals surface area contributed by atoms with Crippen LogP contribution in [0.15, 0.2) is 49.8 Å². The second-order valence-corrected chi connectivity index (χ2v) is 11.9. The summed E-state index contributed by atoms with van der Waals surface area (Å²) in [4.78, 5) is 24.6. The third kappa shape index (κ3) is 4.46. The van der Waals surface area contributed by atoms with Crippen molar-refractivity contribution in [2.45, 2.75) is 38.6 Å². The van der Waals surface area contributed by atoms with E-state index in [0.717, 1.165) is 6.07 Å². The fourth-order valence-corrected chi connectivity index (χ4v) is 5.40. The van der Waals surface area contributed by atoms with E-state index >= 15 is 0 Å². The molecule has 1 unspecified atom stereocenters. The quantitative estimate of drug-likeness (QED) is 0.307. The van der Waals surface area contributed by atoms with E-state index in [1.165, 1.54) is 28.2 Å². The van der Waals surface area contributed by atoms with E-state index in [9.17, 15) is 24.2 Å². The molecule has 0 fully saturated rings. The fraction of sp³-hybridized carbons (Fsp3) is 0.273. The summed E-state index contributed by atoms with van der Waals surface area (Å²) in [7, 11) is -3.40. The van der Waals surface area contributed by atoms with Crippen LogP contribution in [0.4, 0.5) is 11.4 Å². The summed E-state index contributed by atoms with van der Waals surface area (Å²) in [5.74, 6) is 3.12. The summed E-state index contributed by atoms with van der Waals surface area (Å²) >= 11 is 1.35. The zero-order valence-corrected chi connectivity index (χ0v) is 20.4. The van der Waals surface area contributed by atoms with E-state index in [1.54, 1.807) is 12.1 Å². The molecule has 0 spiro atoms. The van der Waals surface area contributed by atoms with Crippen LogP contribution < -0.4 is 10.9 Å². The molecular formula is C22H23N5O5S2. The number of amidine groups is 1. The average Bonchev–Trinajstić information content (AvgIpc) is 3.26. The highest BCUT2D eigenvalue weighted by atomic mass is 32.2. The number of fused-ring (bicyclic) bond motifs is 1. The van der Waals surface area contributed by atoms with Gasteiger partial charge < -0.3 is 10.4 Å². The Bertz CT molecular complexity index is 1480. The Morgan fingerprint density at radius 3 is 2.68 bits per heavy atom. The molecule has 0 radical (unpaired) electrons. The molecule has 2 aromatic heterocycles. The number of aryl methyl sites for hydroxylation is 1. The Morgan fingerprint density at radius 2 is 2.06 bits per heavy atom. The minimum Gasteiger partial charge on any atom is -0.505 e. The Kier molecular flexibility index (Phi) is 5.82. The van der Waals surface area contributed by atoms with E-state index in [1.807, 2.05) is 26.2 Å². The third-order valence-corrected chi connectivity index (χ3v) is 7.59. The molecule has 1 aliphatic rings. The Balaban J connectivity index is 1.91. The van der Waals surface area contributed by atoms with Crippen molar-refractivity contribution in [2.24, 2.45) is 9.81 Å². The summed E-state index contributed by atoms with van der Waals surface area (Å²) < 4.78 is 18.7. The molecule has 0 saturated heterocycles. The molecular weight excluding hydrogens is 478 g/mol. The molecule has 2 N–H and O–H groups in total. The van der Waals surface area contributed by atoms with Gasteiger partial charge in [-0.3, -0.25) is 14.9 Å². The maximum absolute atomic E-state index is 13.4. The van der Waals surface area contributed by atoms with E-state index in [2.05, 4.69) is 20.7 Å². The maximum Gasteiger partial charge on any atom is 0.281 e. The number of non-ortho nitro benzene ring substituents is 1. The van der Waals surface area contributed by atoms with Gasteiger partial charge in [0.25, 0.3) is 11.2 Å². The van der Waals surface area contributed by atoms with Gasteiger partial charge in [0.05, 0.1) is 30.1 Å². The van der Waals surface area contributed by atoms with Crippen LogP contribution in [0.3, 0.4) is 0 Å². The number of nitrogens with one attached hydrogen (secondary N) is 1. The number of hydrogen-bond donors (Lipinski definition) is 2. The van der Waals surface area contributed by atoms with Crippen molar-refractivity contribution >= 4 is 44.1 Å². The first kappa shape index (κ1) is 23.6. The highest BCUT2D eigenvalue weighted by Crippen LogP contribution is 2.36. The van der Waals surface area contributed by atoms with Gasteiger partial charge in [-0.05, 0) is 35.2 Å². The van der Waals surface area contributed by atoms with Gasteiger partial charge in [0, 0.05) is 18.7 Å². The zero-order chi connectivity index (χ0) is 24.8. The molecule has 1 atom stereocenters. The van der Waals surface area contributed by atoms with Crippen molar-refractivity contribution in [3.8, 4) is 16.3 Å². The topological polar surface area (TPSA) is 140 Å². The van der Waals surface area contributed by atoms with Crippen molar-refractivity contribution in [1.29, 1.82) is 0 Å². The van der Waals surface area contributed by atoms with E-state index < -0.39 is 25.9 Å². The summed E-state index contributed by atoms with van der Waals surface area (Å²) in [6.07, 6.45) is 0.645. The van der Waals surface area contributed by atoms with Crippen LogP contribution in [0, 0.1) is 15.5 Å². The lowest BCUT2D eigenvalue weighted by Gasteiger charge is -2.22. The van der Waals surface area contributed by atoms with Crippen LogP contribution in [0.5, 0.6) is 5.75 Å². The predicted octanol–water partition coefficient (Wildman–Crippen LogP) is 3.88. The van der Waals surface area contributed by atoms with Crippen LogP contribution >= 0.6 is 11.3 Å². The summed E-state index contributed by atoms with van der Waals surface area (Å²) in [5.41, 5.74) is -0.662. The Morgan fingerprint density at radius 1 is 1.32 bits per heavy atom. The van der Waals surface area contributed by atoms with Gasteiger partial charge in [0.1, 0.15) is 11.3 Å². The molecule has 12 heteroatoms. The van der Waals surface area contributed by atoms with Crippen LogP contribution in [-0.4, -0.2) is 35.7 Å². The van der Waals surface area contributed by atoms with Gasteiger partial charge in [0.2, 0.25) is 0 Å². The highest BCUT2D eigenvalue weighted by Gasteiger charge is 2.29. The van der Waals surface area contributed by atoms with Crippen LogP contribution in [0.2, 0.25) is 0 Å². The highest BCUT2D eigenvalue weighted by molar-refractivity contribution is 7.99. The number of nitrogens with zero attached hydrogens (tertiary/aromatic N) is 4. The number of nitro groups is 1. The largest absolute Gasteiger partial charge is 0.505 e. The number of thiophene rings is 1. The summed E-state index contributed by atoms with van der Waals surface area (Å²) in [6.45, 7) is 6.42. The van der Waals surface area contributed by atoms with Crippen molar-refractivity contribution in [3.63, 3.8) is 0 Å². The molecule has 0 bridgehead atoms. The van der Waals surface area contributed by atoms with Crippen molar-refractivity contribution < 1.29 is 14.2 Å². The number of rotatable bonds is 5. The van der Waals surface area contributed by atoms with E-state index in [-0.39, 0.29) is 38.8 Å². The molecule has 34 heavy (non-hydrogen) atoms. The van der Waals surface area contributed by atoms with Gasteiger partial charge in [-0.15, -0.1) is 11.3 Å². The molecule has 4 rings (SSSR count). The fourth-order valence-electron chi connectivity index (χ4n) is 3.39. The first-order valence-corrected chi connectivity index (χ1v) is 12.8. The third-order valence-electron chi connectivity index (χ3n) is 5.21. The second-order valence-electron chi connectivity index (χ2n) is 9.03. The molecule has 178 valence electrons. The normalized spacial score (nSPS) is 17.6. The SMILES string of the molecule is C=S1(=O)N=C(c2c(O)c(-c3cccs3)nn(CCC(C)(C)C)c2=O)Nc2ccc([N+](=O)[O-])cc21. The maximum atomic E-state index is 13.4. The van der Waals surface area contributed by atoms with Gasteiger partial charge in [-0.25, -0.2) is 8.89 Å². The summed E-state index contributed by atoms with van der Waals surface area (Å²) in [6, 6.07) is 7.33. The Hall–Kier alpha value is -3.51. The number of anilines is 1. The average molecular weight is 502 g/mol. The number of benzene rings is 1. The molecule has 10 nitrogen and oxygen atoms in total. The molecule has 0 aliphatic carbocycles. The molecule has 0 amide bonds. The van der Waals surface area contributed by atoms with Crippen molar-refractivity contribution in [1.82, 2.24) is 9.78 Å². The molecule has 1 aliphatic heterocycles. The van der Waals surface area contributed by atoms with E-state index in [4.69, 9.17) is 0 Å². The van der Waals surface area contributed by atoms with Crippen molar-refractivity contribution in [3.05, 3.63) is 61.7 Å². The van der Waals surface area contributed by atoms with Gasteiger partial charge in [-0.1, -0.05) is 26.8 Å². The Labute approximate surface area is 199 Å². The van der Waals surface area contributed by atoms with E-state index in [0.29, 0.717) is 17.8 Å². The van der Waals surface area contributed by atoms with Crippen molar-refractivity contribution in [2.75, 3.05) is 5.32 Å². The predicted molar refractivity (Wildman–Crippen MR) is 134 cm³/mol. The van der Waals surface area contributed by atoms with Crippen LogP contribution in [0.1, 0.15) is 32.8 Å². The van der Waals surface area contributed by atoms with Gasteiger partial charge >= 0.3 is 0 Å². The first-order chi connectivity index (χ1) is 15.9.